The van der Waals surface area contributed by atoms with Gasteiger partial charge in [-0.05, 0) is 35.7 Å². The molecule has 128 valence electrons. The van der Waals surface area contributed by atoms with Crippen molar-refractivity contribution in [1.29, 1.82) is 0 Å². The summed E-state index contributed by atoms with van der Waals surface area (Å²) in [7, 11) is 1.62. The lowest BCUT2D eigenvalue weighted by atomic mass is 9.95. The molecule has 0 spiro atoms. The Hall–Kier alpha value is -3.02. The summed E-state index contributed by atoms with van der Waals surface area (Å²) in [6, 6.07) is 14.6. The summed E-state index contributed by atoms with van der Waals surface area (Å²) >= 11 is 0. The number of aromatic nitrogens is 3. The predicted octanol–water partition coefficient (Wildman–Crippen LogP) is 2.56. The number of Topliss-reactive ketones (excluding diaryl/α,β-unsaturated/α-hetero) is 1. The van der Waals surface area contributed by atoms with Gasteiger partial charge in [-0.25, -0.2) is 4.68 Å². The number of carbonyl (C=O) groups excluding carboxylic acids is 1. The fourth-order valence-electron chi connectivity index (χ4n) is 2.75. The molecule has 0 saturated carbocycles. The van der Waals surface area contributed by atoms with E-state index in [-0.39, 0.29) is 23.8 Å². The molecule has 1 heterocycles. The van der Waals surface area contributed by atoms with Crippen LogP contribution in [0.4, 0.5) is 0 Å². The van der Waals surface area contributed by atoms with Gasteiger partial charge in [0.15, 0.2) is 5.78 Å². The minimum Gasteiger partial charge on any atom is -0.497 e. The SMILES string of the molecule is COc1ccc([C@H](C)CC(=O)Cn2nnc3ccccc3c2=O)cc1. The van der Waals surface area contributed by atoms with Gasteiger partial charge >= 0.3 is 0 Å². The van der Waals surface area contributed by atoms with E-state index in [2.05, 4.69) is 10.3 Å². The van der Waals surface area contributed by atoms with Gasteiger partial charge < -0.3 is 4.74 Å². The van der Waals surface area contributed by atoms with Crippen molar-refractivity contribution in [3.63, 3.8) is 0 Å². The summed E-state index contributed by atoms with van der Waals surface area (Å²) in [5.41, 5.74) is 1.28. The molecule has 0 bridgehead atoms. The standard InChI is InChI=1S/C19H19N3O3/c1-13(14-7-9-16(25-2)10-8-14)11-15(23)12-22-19(24)17-5-3-4-6-18(17)20-21-22/h3-10,13H,11-12H2,1-2H3/t13-/m1/s1. The number of fused-ring (bicyclic) bond motifs is 1. The molecular formula is C19H19N3O3. The highest BCUT2D eigenvalue weighted by Crippen LogP contribution is 2.22. The zero-order valence-electron chi connectivity index (χ0n) is 14.2. The highest BCUT2D eigenvalue weighted by atomic mass is 16.5. The van der Waals surface area contributed by atoms with Crippen LogP contribution < -0.4 is 10.3 Å². The van der Waals surface area contributed by atoms with Crippen LogP contribution in [0, 0.1) is 0 Å². The van der Waals surface area contributed by atoms with Crippen LogP contribution in [0.1, 0.15) is 24.8 Å². The Morgan fingerprint density at radius 3 is 2.60 bits per heavy atom. The quantitative estimate of drug-likeness (QED) is 0.691. The summed E-state index contributed by atoms with van der Waals surface area (Å²) in [4.78, 5) is 24.7. The van der Waals surface area contributed by atoms with Gasteiger partial charge in [0.1, 0.15) is 17.8 Å². The Morgan fingerprint density at radius 2 is 1.88 bits per heavy atom. The zero-order chi connectivity index (χ0) is 17.8. The number of carbonyl (C=O) groups is 1. The molecule has 0 aliphatic rings. The van der Waals surface area contributed by atoms with Gasteiger partial charge in [-0.2, -0.15) is 0 Å². The molecule has 0 saturated heterocycles. The van der Waals surface area contributed by atoms with Crippen LogP contribution in [0.5, 0.6) is 5.75 Å². The van der Waals surface area contributed by atoms with Crippen molar-refractivity contribution in [2.45, 2.75) is 25.8 Å². The van der Waals surface area contributed by atoms with E-state index in [1.165, 1.54) is 0 Å². The molecule has 1 aromatic heterocycles. The lowest BCUT2D eigenvalue weighted by molar-refractivity contribution is -0.120. The second-order valence-electron chi connectivity index (χ2n) is 5.99. The summed E-state index contributed by atoms with van der Waals surface area (Å²) in [5.74, 6) is 0.762. The minimum atomic E-state index is -0.295. The zero-order valence-corrected chi connectivity index (χ0v) is 14.2. The van der Waals surface area contributed by atoms with E-state index in [1.54, 1.807) is 31.4 Å². The van der Waals surface area contributed by atoms with Gasteiger partial charge in [0.2, 0.25) is 0 Å². The molecule has 6 nitrogen and oxygen atoms in total. The first-order chi connectivity index (χ1) is 12.1. The molecular weight excluding hydrogens is 318 g/mol. The molecule has 0 N–H and O–H groups in total. The third-order valence-corrected chi connectivity index (χ3v) is 4.17. The first kappa shape index (κ1) is 16.8. The monoisotopic (exact) mass is 337 g/mol. The van der Waals surface area contributed by atoms with Gasteiger partial charge in [0, 0.05) is 6.42 Å². The van der Waals surface area contributed by atoms with Gasteiger partial charge in [-0.1, -0.05) is 36.4 Å². The molecule has 1 atom stereocenters. The molecule has 25 heavy (non-hydrogen) atoms. The van der Waals surface area contributed by atoms with Crippen molar-refractivity contribution in [2.75, 3.05) is 7.11 Å². The average molecular weight is 337 g/mol. The molecule has 3 rings (SSSR count). The molecule has 0 amide bonds. The fraction of sp³-hybridized carbons (Fsp3) is 0.263. The van der Waals surface area contributed by atoms with Gasteiger partial charge in [0.05, 0.1) is 12.5 Å². The number of rotatable bonds is 6. The molecule has 6 heteroatoms. The van der Waals surface area contributed by atoms with Crippen LogP contribution in [-0.2, 0) is 11.3 Å². The van der Waals surface area contributed by atoms with E-state index in [9.17, 15) is 9.59 Å². The van der Waals surface area contributed by atoms with E-state index in [4.69, 9.17) is 4.74 Å². The van der Waals surface area contributed by atoms with Crippen molar-refractivity contribution in [2.24, 2.45) is 0 Å². The Morgan fingerprint density at radius 1 is 1.16 bits per heavy atom. The largest absolute Gasteiger partial charge is 0.497 e. The third kappa shape index (κ3) is 3.74. The molecule has 2 aromatic carbocycles. The maximum absolute atomic E-state index is 12.4. The Labute approximate surface area is 145 Å². The second kappa shape index (κ2) is 7.25. The molecule has 3 aromatic rings. The topological polar surface area (TPSA) is 74.1 Å². The van der Waals surface area contributed by atoms with Crippen LogP contribution in [0.2, 0.25) is 0 Å². The fourth-order valence-corrected chi connectivity index (χ4v) is 2.75. The summed E-state index contributed by atoms with van der Waals surface area (Å²) in [6.45, 7) is 1.91. The molecule has 0 fully saturated rings. The van der Waals surface area contributed by atoms with E-state index >= 15 is 0 Å². The van der Waals surface area contributed by atoms with E-state index < -0.39 is 0 Å². The smallest absolute Gasteiger partial charge is 0.278 e. The van der Waals surface area contributed by atoms with E-state index in [1.807, 2.05) is 31.2 Å². The van der Waals surface area contributed by atoms with Crippen LogP contribution in [0.15, 0.2) is 53.3 Å². The van der Waals surface area contributed by atoms with Crippen molar-refractivity contribution in [1.82, 2.24) is 15.0 Å². The second-order valence-corrected chi connectivity index (χ2v) is 5.99. The van der Waals surface area contributed by atoms with Gasteiger partial charge in [-0.15, -0.1) is 5.10 Å². The van der Waals surface area contributed by atoms with E-state index in [0.717, 1.165) is 16.0 Å². The van der Waals surface area contributed by atoms with Crippen LogP contribution in [-0.4, -0.2) is 27.9 Å². The predicted molar refractivity (Wildman–Crippen MR) is 94.8 cm³/mol. The molecule has 0 aliphatic heterocycles. The maximum atomic E-state index is 12.4. The summed E-state index contributed by atoms with van der Waals surface area (Å²) in [6.07, 6.45) is 0.327. The number of benzene rings is 2. The Balaban J connectivity index is 1.71. The van der Waals surface area contributed by atoms with Crippen LogP contribution in [0.3, 0.4) is 0 Å². The van der Waals surface area contributed by atoms with Gasteiger partial charge in [-0.3, -0.25) is 9.59 Å². The number of ether oxygens (including phenoxy) is 1. The van der Waals surface area contributed by atoms with Crippen molar-refractivity contribution in [3.8, 4) is 5.75 Å². The van der Waals surface area contributed by atoms with Crippen molar-refractivity contribution < 1.29 is 9.53 Å². The van der Waals surface area contributed by atoms with Crippen molar-refractivity contribution >= 4 is 16.7 Å². The van der Waals surface area contributed by atoms with Gasteiger partial charge in [0.25, 0.3) is 5.56 Å². The first-order valence-corrected chi connectivity index (χ1v) is 8.06. The lowest BCUT2D eigenvalue weighted by Gasteiger charge is -2.12. The number of hydrogen-bond donors (Lipinski definition) is 0. The number of hydrogen-bond acceptors (Lipinski definition) is 5. The maximum Gasteiger partial charge on any atom is 0.278 e. The highest BCUT2D eigenvalue weighted by molar-refractivity contribution is 5.80. The number of ketones is 1. The number of methoxy groups -OCH3 is 1. The van der Waals surface area contributed by atoms with Crippen molar-refractivity contribution in [3.05, 3.63) is 64.4 Å². The normalized spacial score (nSPS) is 12.1. The minimum absolute atomic E-state index is 0.0440. The lowest BCUT2D eigenvalue weighted by Crippen LogP contribution is -2.28. The first-order valence-electron chi connectivity index (χ1n) is 8.06. The Kier molecular flexibility index (Phi) is 4.88. The van der Waals surface area contributed by atoms with Crippen LogP contribution >= 0.6 is 0 Å². The highest BCUT2D eigenvalue weighted by Gasteiger charge is 2.14. The third-order valence-electron chi connectivity index (χ3n) is 4.17. The van der Waals surface area contributed by atoms with Crippen LogP contribution in [0.25, 0.3) is 10.9 Å². The van der Waals surface area contributed by atoms with E-state index in [0.29, 0.717) is 17.3 Å². The summed E-state index contributed by atoms with van der Waals surface area (Å²) in [5, 5.41) is 8.33. The average Bonchev–Trinajstić information content (AvgIpc) is 2.64. The molecule has 0 unspecified atom stereocenters. The number of nitrogens with zero attached hydrogens (tertiary/aromatic N) is 3. The molecule has 0 aliphatic carbocycles. The molecule has 0 radical (unpaired) electrons. The summed E-state index contributed by atoms with van der Waals surface area (Å²) < 4.78 is 6.27. The Bertz CT molecular complexity index is 948.